The van der Waals surface area contributed by atoms with Crippen LogP contribution in [0.3, 0.4) is 0 Å². The van der Waals surface area contributed by atoms with Crippen LogP contribution >= 0.6 is 11.6 Å². The third-order valence-electron chi connectivity index (χ3n) is 5.31. The Bertz CT molecular complexity index is 1190. The smallest absolute Gasteiger partial charge is 0.342 e. The molecule has 0 radical (unpaired) electrons. The summed E-state index contributed by atoms with van der Waals surface area (Å²) in [6.07, 6.45) is 4.80. The van der Waals surface area contributed by atoms with E-state index in [1.165, 1.54) is 0 Å². The van der Waals surface area contributed by atoms with E-state index in [-0.39, 0.29) is 12.0 Å². The van der Waals surface area contributed by atoms with Gasteiger partial charge in [-0.05, 0) is 49.7 Å². The molecule has 1 N–H and O–H groups in total. The Kier molecular flexibility index (Phi) is 5.35. The van der Waals surface area contributed by atoms with E-state index in [4.69, 9.17) is 16.3 Å². The monoisotopic (exact) mass is 437 g/mol. The highest BCUT2D eigenvalue weighted by atomic mass is 35.5. The third kappa shape index (κ3) is 3.95. The van der Waals surface area contributed by atoms with Gasteiger partial charge in [0.05, 0.1) is 17.4 Å². The normalized spacial score (nSPS) is 15.4. The fourth-order valence-corrected chi connectivity index (χ4v) is 4.16. The van der Waals surface area contributed by atoms with Crippen molar-refractivity contribution >= 4 is 40.0 Å². The lowest BCUT2D eigenvalue weighted by molar-refractivity contribution is -0.140. The molecule has 0 saturated carbocycles. The minimum absolute atomic E-state index is 0.216. The number of aromatic amines is 1. The van der Waals surface area contributed by atoms with Crippen LogP contribution in [0.25, 0.3) is 16.5 Å². The second-order valence-corrected chi connectivity index (χ2v) is 9.05. The number of hydrogen-bond acceptors (Lipinski definition) is 4. The summed E-state index contributed by atoms with van der Waals surface area (Å²) in [5.41, 5.74) is 2.82. The summed E-state index contributed by atoms with van der Waals surface area (Å²) in [6.45, 7) is 8.08. The van der Waals surface area contributed by atoms with Crippen molar-refractivity contribution < 1.29 is 14.3 Å². The van der Waals surface area contributed by atoms with Gasteiger partial charge in [0.1, 0.15) is 0 Å². The van der Waals surface area contributed by atoms with Gasteiger partial charge in [0.15, 0.2) is 0 Å². The molecular weight excluding hydrogens is 414 g/mol. The molecule has 3 aromatic rings. The molecule has 1 aromatic carbocycles. The first-order valence-electron chi connectivity index (χ1n) is 10.1. The summed E-state index contributed by atoms with van der Waals surface area (Å²) in [6, 6.07) is 8.60. The van der Waals surface area contributed by atoms with Gasteiger partial charge >= 0.3 is 5.97 Å². The van der Waals surface area contributed by atoms with Crippen LogP contribution in [-0.2, 0) is 14.9 Å². The molecule has 3 heterocycles. The Balaban J connectivity index is 1.89. The average Bonchev–Trinajstić information content (AvgIpc) is 3.05. The predicted octanol–water partition coefficient (Wildman–Crippen LogP) is 4.94. The average molecular weight is 438 g/mol. The largest absolute Gasteiger partial charge is 0.459 e. The maximum absolute atomic E-state index is 13.3. The van der Waals surface area contributed by atoms with Crippen LogP contribution in [0.2, 0.25) is 5.02 Å². The summed E-state index contributed by atoms with van der Waals surface area (Å²) in [5.74, 6) is -0.699. The van der Waals surface area contributed by atoms with Crippen molar-refractivity contribution in [1.82, 2.24) is 14.9 Å². The number of amides is 1. The second kappa shape index (κ2) is 7.85. The highest BCUT2D eigenvalue weighted by Gasteiger charge is 2.37. The third-order valence-corrected chi connectivity index (χ3v) is 5.56. The Hall–Kier alpha value is -3.12. The molecule has 0 aliphatic carbocycles. The van der Waals surface area contributed by atoms with Crippen molar-refractivity contribution in [2.45, 2.75) is 39.2 Å². The summed E-state index contributed by atoms with van der Waals surface area (Å²) < 4.78 is 5.52. The fraction of sp³-hybridized carbons (Fsp3) is 0.292. The van der Waals surface area contributed by atoms with Gasteiger partial charge in [-0.2, -0.15) is 0 Å². The van der Waals surface area contributed by atoms with E-state index >= 15 is 0 Å². The van der Waals surface area contributed by atoms with Crippen LogP contribution < -0.4 is 0 Å². The SMILES string of the molecule is CC(C)OC(=O)C1=CN(C(=O)c2ccc(Cl)cc2)CC(C)(C)c2c1[nH]c1ccncc21. The molecule has 160 valence electrons. The number of hydrogen-bond donors (Lipinski definition) is 1. The number of ether oxygens (including phenoxy) is 1. The van der Waals surface area contributed by atoms with Gasteiger partial charge in [0, 0.05) is 52.0 Å². The second-order valence-electron chi connectivity index (χ2n) is 8.62. The minimum Gasteiger partial charge on any atom is -0.459 e. The van der Waals surface area contributed by atoms with Crippen LogP contribution in [0.1, 0.15) is 49.3 Å². The molecule has 31 heavy (non-hydrogen) atoms. The maximum Gasteiger partial charge on any atom is 0.342 e. The number of H-pyrrole nitrogens is 1. The van der Waals surface area contributed by atoms with E-state index in [1.54, 1.807) is 61.6 Å². The molecule has 1 aliphatic rings. The van der Waals surface area contributed by atoms with E-state index in [1.807, 2.05) is 6.07 Å². The Labute approximate surface area is 185 Å². The molecule has 0 unspecified atom stereocenters. The van der Waals surface area contributed by atoms with E-state index in [0.717, 1.165) is 16.5 Å². The van der Waals surface area contributed by atoms with Gasteiger partial charge in [-0.3, -0.25) is 9.78 Å². The Morgan fingerprint density at radius 2 is 1.90 bits per heavy atom. The van der Waals surface area contributed by atoms with Crippen LogP contribution in [-0.4, -0.2) is 39.4 Å². The molecular formula is C24H24ClN3O3. The number of pyridine rings is 1. The molecule has 0 bridgehead atoms. The van der Waals surface area contributed by atoms with E-state index in [2.05, 4.69) is 23.8 Å². The van der Waals surface area contributed by atoms with Gasteiger partial charge in [-0.25, -0.2) is 4.79 Å². The zero-order valence-corrected chi connectivity index (χ0v) is 18.7. The first-order chi connectivity index (χ1) is 14.7. The minimum atomic E-state index is -0.484. The number of rotatable bonds is 3. The maximum atomic E-state index is 13.3. The predicted molar refractivity (Wildman–Crippen MR) is 121 cm³/mol. The van der Waals surface area contributed by atoms with Gasteiger partial charge < -0.3 is 14.6 Å². The number of carbonyl (C=O) groups is 2. The molecule has 4 rings (SSSR count). The molecule has 0 saturated heterocycles. The number of nitrogens with zero attached hydrogens (tertiary/aromatic N) is 2. The number of fused-ring (bicyclic) bond motifs is 3. The zero-order chi connectivity index (χ0) is 22.3. The topological polar surface area (TPSA) is 75.3 Å². The van der Waals surface area contributed by atoms with Crippen LogP contribution in [0.5, 0.6) is 0 Å². The van der Waals surface area contributed by atoms with Crippen molar-refractivity contribution in [3.63, 3.8) is 0 Å². The molecule has 2 aromatic heterocycles. The van der Waals surface area contributed by atoms with Gasteiger partial charge in [-0.15, -0.1) is 0 Å². The number of carbonyl (C=O) groups excluding carboxylic acids is 2. The molecule has 1 aliphatic heterocycles. The molecule has 7 heteroatoms. The number of nitrogens with one attached hydrogen (secondary N) is 1. The molecule has 0 spiro atoms. The van der Waals surface area contributed by atoms with Gasteiger partial charge in [-0.1, -0.05) is 25.4 Å². The van der Waals surface area contributed by atoms with E-state index in [0.29, 0.717) is 28.4 Å². The quantitative estimate of drug-likeness (QED) is 0.588. The first kappa shape index (κ1) is 21.1. The van der Waals surface area contributed by atoms with Crippen LogP contribution in [0.4, 0.5) is 0 Å². The summed E-state index contributed by atoms with van der Waals surface area (Å²) in [7, 11) is 0. The Morgan fingerprint density at radius 1 is 1.19 bits per heavy atom. The Morgan fingerprint density at radius 3 is 2.58 bits per heavy atom. The number of halogens is 1. The lowest BCUT2D eigenvalue weighted by Crippen LogP contribution is -2.36. The van der Waals surface area contributed by atoms with Gasteiger partial charge in [0.25, 0.3) is 5.91 Å². The van der Waals surface area contributed by atoms with Crippen molar-refractivity contribution in [2.24, 2.45) is 0 Å². The van der Waals surface area contributed by atoms with E-state index in [9.17, 15) is 9.59 Å². The van der Waals surface area contributed by atoms with Crippen molar-refractivity contribution in [3.05, 3.63) is 70.8 Å². The zero-order valence-electron chi connectivity index (χ0n) is 17.9. The number of benzene rings is 1. The van der Waals surface area contributed by atoms with Crippen LogP contribution in [0, 0.1) is 0 Å². The fourth-order valence-electron chi connectivity index (χ4n) is 4.03. The van der Waals surface area contributed by atoms with Crippen molar-refractivity contribution in [1.29, 1.82) is 0 Å². The lowest BCUT2D eigenvalue weighted by atomic mass is 9.82. The summed E-state index contributed by atoms with van der Waals surface area (Å²) in [4.78, 5) is 35.6. The summed E-state index contributed by atoms with van der Waals surface area (Å²) >= 11 is 5.98. The lowest BCUT2D eigenvalue weighted by Gasteiger charge is -2.29. The molecule has 0 fully saturated rings. The van der Waals surface area contributed by atoms with Crippen molar-refractivity contribution in [3.8, 4) is 0 Å². The highest BCUT2D eigenvalue weighted by Crippen LogP contribution is 2.40. The van der Waals surface area contributed by atoms with Gasteiger partial charge in [0.2, 0.25) is 0 Å². The standard InChI is InChI=1S/C24H24ClN3O3/c1-14(2)31-23(30)18-12-28(22(29)15-5-7-16(25)8-6-15)13-24(3,4)20-17-11-26-10-9-19(17)27-21(18)20/h5-12,14,27H,13H2,1-4H3. The summed E-state index contributed by atoms with van der Waals surface area (Å²) in [5, 5.41) is 1.48. The molecule has 6 nitrogen and oxygen atoms in total. The van der Waals surface area contributed by atoms with E-state index < -0.39 is 11.4 Å². The highest BCUT2D eigenvalue weighted by molar-refractivity contribution is 6.30. The number of aromatic nitrogens is 2. The van der Waals surface area contributed by atoms with Crippen LogP contribution in [0.15, 0.2) is 48.9 Å². The first-order valence-corrected chi connectivity index (χ1v) is 10.5. The number of esters is 1. The molecule has 0 atom stereocenters. The molecule has 1 amide bonds. The van der Waals surface area contributed by atoms with Crippen molar-refractivity contribution in [2.75, 3.05) is 6.54 Å².